The standard InChI is InChI=1S/C13H19N3O4/c1-4-13(5-2,12(17)18)8-15-11-6-10(16(19)20)9(3)7-14-11/h6-7H,4-5,8H2,1-3H3,(H,14,15)(H,17,18). The van der Waals surface area contributed by atoms with E-state index in [1.165, 1.54) is 12.3 Å². The van der Waals surface area contributed by atoms with Gasteiger partial charge in [-0.25, -0.2) is 4.98 Å². The van der Waals surface area contributed by atoms with Gasteiger partial charge in [0.05, 0.1) is 16.4 Å². The van der Waals surface area contributed by atoms with Crippen LogP contribution in [0.3, 0.4) is 0 Å². The molecular formula is C13H19N3O4. The third kappa shape index (κ3) is 3.23. The number of anilines is 1. The number of carboxylic acid groups (broad SMARTS) is 1. The van der Waals surface area contributed by atoms with Crippen LogP contribution in [0.1, 0.15) is 32.3 Å². The van der Waals surface area contributed by atoms with E-state index in [2.05, 4.69) is 10.3 Å². The summed E-state index contributed by atoms with van der Waals surface area (Å²) in [6.07, 6.45) is 2.35. The summed E-state index contributed by atoms with van der Waals surface area (Å²) in [6.45, 7) is 5.41. The summed E-state index contributed by atoms with van der Waals surface area (Å²) in [5, 5.41) is 23.1. The number of nitro groups is 1. The monoisotopic (exact) mass is 281 g/mol. The second-order valence-corrected chi connectivity index (χ2v) is 4.76. The first-order valence-corrected chi connectivity index (χ1v) is 6.44. The van der Waals surface area contributed by atoms with E-state index < -0.39 is 16.3 Å². The van der Waals surface area contributed by atoms with E-state index in [9.17, 15) is 20.0 Å². The fourth-order valence-corrected chi connectivity index (χ4v) is 1.94. The van der Waals surface area contributed by atoms with Gasteiger partial charge in [-0.3, -0.25) is 14.9 Å². The van der Waals surface area contributed by atoms with Crippen molar-refractivity contribution >= 4 is 17.5 Å². The number of nitrogens with zero attached hydrogens (tertiary/aromatic N) is 2. The molecule has 0 aromatic carbocycles. The predicted molar refractivity (Wildman–Crippen MR) is 74.8 cm³/mol. The molecule has 0 fully saturated rings. The number of nitrogens with one attached hydrogen (secondary N) is 1. The number of aromatic nitrogens is 1. The Morgan fingerprint density at radius 3 is 2.55 bits per heavy atom. The van der Waals surface area contributed by atoms with Crippen LogP contribution in [0.5, 0.6) is 0 Å². The van der Waals surface area contributed by atoms with Crippen LogP contribution in [-0.4, -0.2) is 27.5 Å². The molecule has 0 saturated carbocycles. The van der Waals surface area contributed by atoms with Gasteiger partial charge in [0.2, 0.25) is 0 Å². The summed E-state index contributed by atoms with van der Waals surface area (Å²) in [4.78, 5) is 25.8. The van der Waals surface area contributed by atoms with Crippen molar-refractivity contribution in [1.29, 1.82) is 0 Å². The molecule has 7 heteroatoms. The molecule has 1 aromatic rings. The Morgan fingerprint density at radius 2 is 2.10 bits per heavy atom. The summed E-state index contributed by atoms with van der Waals surface area (Å²) < 4.78 is 0. The van der Waals surface area contributed by atoms with Crippen LogP contribution in [0.4, 0.5) is 11.5 Å². The van der Waals surface area contributed by atoms with Gasteiger partial charge in [-0.2, -0.15) is 0 Å². The molecule has 110 valence electrons. The Morgan fingerprint density at radius 1 is 1.50 bits per heavy atom. The first-order valence-electron chi connectivity index (χ1n) is 6.44. The van der Waals surface area contributed by atoms with Gasteiger partial charge in [0.15, 0.2) is 0 Å². The molecule has 0 aliphatic carbocycles. The smallest absolute Gasteiger partial charge is 0.311 e. The number of aliphatic carboxylic acids is 1. The van der Waals surface area contributed by atoms with Gasteiger partial charge in [-0.05, 0) is 19.8 Å². The average molecular weight is 281 g/mol. The maximum Gasteiger partial charge on any atom is 0.311 e. The summed E-state index contributed by atoms with van der Waals surface area (Å²) in [5.41, 5.74) is -0.450. The van der Waals surface area contributed by atoms with Crippen molar-refractivity contribution in [1.82, 2.24) is 4.98 Å². The van der Waals surface area contributed by atoms with E-state index in [0.29, 0.717) is 24.2 Å². The topological polar surface area (TPSA) is 105 Å². The minimum absolute atomic E-state index is 0.0311. The number of carbonyl (C=O) groups is 1. The average Bonchev–Trinajstić information content (AvgIpc) is 2.41. The number of pyridine rings is 1. The third-order valence-corrected chi connectivity index (χ3v) is 3.69. The predicted octanol–water partition coefficient (Wildman–Crippen LogP) is 2.60. The van der Waals surface area contributed by atoms with Gasteiger partial charge in [-0.15, -0.1) is 0 Å². The highest BCUT2D eigenvalue weighted by molar-refractivity contribution is 5.75. The lowest BCUT2D eigenvalue weighted by Crippen LogP contribution is -2.37. The highest BCUT2D eigenvalue weighted by atomic mass is 16.6. The van der Waals surface area contributed by atoms with Crippen molar-refractivity contribution in [2.45, 2.75) is 33.6 Å². The van der Waals surface area contributed by atoms with E-state index in [-0.39, 0.29) is 12.2 Å². The van der Waals surface area contributed by atoms with Gasteiger partial charge in [0, 0.05) is 18.3 Å². The molecule has 0 unspecified atom stereocenters. The van der Waals surface area contributed by atoms with Crippen LogP contribution in [0.2, 0.25) is 0 Å². The molecule has 0 atom stereocenters. The van der Waals surface area contributed by atoms with Crippen molar-refractivity contribution in [3.63, 3.8) is 0 Å². The normalized spacial score (nSPS) is 11.2. The van der Waals surface area contributed by atoms with E-state index in [1.54, 1.807) is 6.92 Å². The van der Waals surface area contributed by atoms with Gasteiger partial charge >= 0.3 is 5.97 Å². The molecule has 0 aliphatic rings. The summed E-state index contributed by atoms with van der Waals surface area (Å²) in [6, 6.07) is 1.33. The van der Waals surface area contributed by atoms with Crippen LogP contribution in [0.25, 0.3) is 0 Å². The minimum Gasteiger partial charge on any atom is -0.481 e. The largest absolute Gasteiger partial charge is 0.481 e. The second-order valence-electron chi connectivity index (χ2n) is 4.76. The number of aryl methyl sites for hydroxylation is 1. The summed E-state index contributed by atoms with van der Waals surface area (Å²) in [7, 11) is 0. The Balaban J connectivity index is 2.92. The first-order chi connectivity index (χ1) is 9.36. The molecule has 0 bridgehead atoms. The maximum atomic E-state index is 11.4. The molecule has 0 saturated heterocycles. The van der Waals surface area contributed by atoms with E-state index in [4.69, 9.17) is 0 Å². The lowest BCUT2D eigenvalue weighted by Gasteiger charge is -2.27. The van der Waals surface area contributed by atoms with Crippen LogP contribution in [0.15, 0.2) is 12.3 Å². The zero-order valence-electron chi connectivity index (χ0n) is 11.8. The molecule has 0 aliphatic heterocycles. The molecule has 7 nitrogen and oxygen atoms in total. The Hall–Kier alpha value is -2.18. The Bertz CT molecular complexity index is 512. The van der Waals surface area contributed by atoms with Crippen molar-refractivity contribution < 1.29 is 14.8 Å². The van der Waals surface area contributed by atoms with Gasteiger partial charge in [0.1, 0.15) is 5.82 Å². The van der Waals surface area contributed by atoms with Crippen LogP contribution < -0.4 is 5.32 Å². The molecule has 1 heterocycles. The molecular weight excluding hydrogens is 262 g/mol. The van der Waals surface area contributed by atoms with Crippen molar-refractivity contribution in [3.05, 3.63) is 27.9 Å². The minimum atomic E-state index is -0.888. The van der Waals surface area contributed by atoms with E-state index in [0.717, 1.165) is 0 Å². The van der Waals surface area contributed by atoms with Crippen molar-refractivity contribution in [2.24, 2.45) is 5.41 Å². The first kappa shape index (κ1) is 15.9. The lowest BCUT2D eigenvalue weighted by molar-refractivity contribution is -0.385. The highest BCUT2D eigenvalue weighted by Gasteiger charge is 2.34. The van der Waals surface area contributed by atoms with E-state index in [1.807, 2.05) is 13.8 Å². The number of rotatable bonds is 7. The van der Waals surface area contributed by atoms with Gasteiger partial charge < -0.3 is 10.4 Å². The summed E-state index contributed by atoms with van der Waals surface area (Å²) >= 11 is 0. The van der Waals surface area contributed by atoms with Crippen LogP contribution in [0, 0.1) is 22.5 Å². The SMILES string of the molecule is CCC(CC)(CNc1cc([N+](=O)[O-])c(C)cn1)C(=O)O. The number of carboxylic acids is 1. The second kappa shape index (κ2) is 6.31. The molecule has 0 amide bonds. The van der Waals surface area contributed by atoms with Crippen molar-refractivity contribution in [3.8, 4) is 0 Å². The highest BCUT2D eigenvalue weighted by Crippen LogP contribution is 2.28. The fourth-order valence-electron chi connectivity index (χ4n) is 1.94. The maximum absolute atomic E-state index is 11.4. The van der Waals surface area contributed by atoms with Crippen LogP contribution >= 0.6 is 0 Å². The molecule has 0 spiro atoms. The molecule has 1 aromatic heterocycles. The quantitative estimate of drug-likeness (QED) is 0.588. The Labute approximate surface area is 117 Å². The molecule has 20 heavy (non-hydrogen) atoms. The number of hydrogen-bond acceptors (Lipinski definition) is 5. The van der Waals surface area contributed by atoms with Gasteiger partial charge in [-0.1, -0.05) is 13.8 Å². The fraction of sp³-hybridized carbons (Fsp3) is 0.538. The van der Waals surface area contributed by atoms with E-state index >= 15 is 0 Å². The Kier molecular flexibility index (Phi) is 5.01. The molecule has 0 radical (unpaired) electrons. The lowest BCUT2D eigenvalue weighted by atomic mass is 9.82. The zero-order valence-corrected chi connectivity index (χ0v) is 11.8. The van der Waals surface area contributed by atoms with Crippen LogP contribution in [-0.2, 0) is 4.79 Å². The molecule has 2 N–H and O–H groups in total. The molecule has 1 rings (SSSR count). The van der Waals surface area contributed by atoms with Gasteiger partial charge in [0.25, 0.3) is 5.69 Å². The third-order valence-electron chi connectivity index (χ3n) is 3.69. The summed E-state index contributed by atoms with van der Waals surface area (Å²) in [5.74, 6) is -0.563. The zero-order chi connectivity index (χ0) is 15.3. The number of hydrogen-bond donors (Lipinski definition) is 2. The van der Waals surface area contributed by atoms with Crippen molar-refractivity contribution in [2.75, 3.05) is 11.9 Å².